The number of alkyl halides is 3. The fraction of sp³-hybridized carbons (Fsp3) is 0.154. The predicted molar refractivity (Wildman–Crippen MR) is 130 cm³/mol. The molecule has 2 heterocycles. The normalized spacial score (nSPS) is 11.7. The molecule has 7 nitrogen and oxygen atoms in total. The number of aliphatic carboxylic acids is 1. The molecule has 2 aromatic carbocycles. The maximum absolute atomic E-state index is 13.4. The highest BCUT2D eigenvalue weighted by Crippen LogP contribution is 2.32. The highest BCUT2D eigenvalue weighted by Gasteiger charge is 2.35. The van der Waals surface area contributed by atoms with E-state index in [9.17, 15) is 18.0 Å². The van der Waals surface area contributed by atoms with Crippen molar-refractivity contribution >= 4 is 23.7 Å². The predicted octanol–water partition coefficient (Wildman–Crippen LogP) is 6.11. The summed E-state index contributed by atoms with van der Waals surface area (Å²) in [6.07, 6.45) is -0.698. The lowest BCUT2D eigenvalue weighted by Crippen LogP contribution is -2.10. The lowest BCUT2D eigenvalue weighted by Gasteiger charge is -2.14. The van der Waals surface area contributed by atoms with Crippen molar-refractivity contribution in [1.29, 1.82) is 0 Å². The molecule has 0 radical (unpaired) electrons. The van der Waals surface area contributed by atoms with Crippen LogP contribution in [0.1, 0.15) is 28.1 Å². The number of halogens is 3. The molecule has 0 spiro atoms. The van der Waals surface area contributed by atoms with Gasteiger partial charge in [-0.05, 0) is 73.4 Å². The third-order valence-electron chi connectivity index (χ3n) is 5.24. The Morgan fingerprint density at radius 3 is 2.42 bits per heavy atom. The van der Waals surface area contributed by atoms with E-state index in [1.54, 1.807) is 24.3 Å². The molecule has 184 valence electrons. The summed E-state index contributed by atoms with van der Waals surface area (Å²) in [5.74, 6) is -0.772. The summed E-state index contributed by atoms with van der Waals surface area (Å²) in [4.78, 5) is 19.8. The third-order valence-corrected chi connectivity index (χ3v) is 5.24. The van der Waals surface area contributed by atoms with Crippen LogP contribution in [-0.2, 0) is 11.0 Å². The number of aromatic nitrogens is 4. The van der Waals surface area contributed by atoms with Crippen LogP contribution in [0.3, 0.4) is 0 Å². The molecule has 0 unspecified atom stereocenters. The molecule has 2 aromatic heterocycles. The van der Waals surface area contributed by atoms with E-state index in [-0.39, 0.29) is 17.5 Å². The van der Waals surface area contributed by atoms with Crippen LogP contribution in [-0.4, -0.2) is 30.8 Å². The van der Waals surface area contributed by atoms with Gasteiger partial charge >= 0.3 is 12.1 Å². The minimum atomic E-state index is -4.62. The first-order chi connectivity index (χ1) is 17.0. The summed E-state index contributed by atoms with van der Waals surface area (Å²) in [5, 5.41) is 15.8. The van der Waals surface area contributed by atoms with Gasteiger partial charge < -0.3 is 10.4 Å². The van der Waals surface area contributed by atoms with Crippen molar-refractivity contribution in [2.24, 2.45) is 0 Å². The Morgan fingerprint density at radius 1 is 1.06 bits per heavy atom. The zero-order chi connectivity index (χ0) is 26.0. The van der Waals surface area contributed by atoms with E-state index in [1.807, 2.05) is 32.0 Å². The Hall–Kier alpha value is -4.47. The highest BCUT2D eigenvalue weighted by atomic mass is 19.4. The molecule has 0 aliphatic rings. The fourth-order valence-electron chi connectivity index (χ4n) is 3.78. The van der Waals surface area contributed by atoms with E-state index in [0.717, 1.165) is 33.6 Å². The van der Waals surface area contributed by atoms with Crippen molar-refractivity contribution in [1.82, 2.24) is 19.7 Å². The number of hydrogen-bond acceptors (Lipinski definition) is 5. The monoisotopic (exact) mass is 493 g/mol. The molecular weight excluding hydrogens is 471 g/mol. The van der Waals surface area contributed by atoms with Gasteiger partial charge in [-0.25, -0.2) is 14.5 Å². The summed E-state index contributed by atoms with van der Waals surface area (Å²) in [6, 6.07) is 13.6. The second-order valence-electron chi connectivity index (χ2n) is 8.31. The fourth-order valence-corrected chi connectivity index (χ4v) is 3.78. The lowest BCUT2D eigenvalue weighted by atomic mass is 10.0. The van der Waals surface area contributed by atoms with E-state index >= 15 is 0 Å². The maximum Gasteiger partial charge on any atom is 0.435 e. The van der Waals surface area contributed by atoms with Gasteiger partial charge in [0.1, 0.15) is 0 Å². The average molecular weight is 493 g/mol. The average Bonchev–Trinajstić information content (AvgIpc) is 3.19. The molecule has 36 heavy (non-hydrogen) atoms. The number of anilines is 2. The van der Waals surface area contributed by atoms with Crippen molar-refractivity contribution in [2.45, 2.75) is 26.9 Å². The number of carboxylic acids is 1. The van der Waals surface area contributed by atoms with Gasteiger partial charge in [-0.15, -0.1) is 0 Å². The number of aryl methyl sites for hydroxylation is 3. The molecule has 0 atom stereocenters. The SMILES string of the molecule is Cc1cc(C)cc(Nc2ncc(-c3cccc(C=CC(=O)O)c3)c(-n3nc(C(F)(F)F)cc3C)n2)c1. The van der Waals surface area contributed by atoms with Crippen molar-refractivity contribution in [3.8, 4) is 16.9 Å². The summed E-state index contributed by atoms with van der Waals surface area (Å²) < 4.78 is 41.3. The van der Waals surface area contributed by atoms with Gasteiger partial charge in [-0.3, -0.25) is 0 Å². The molecule has 4 aromatic rings. The van der Waals surface area contributed by atoms with Crippen LogP contribution >= 0.6 is 0 Å². The Morgan fingerprint density at radius 2 is 1.78 bits per heavy atom. The molecule has 2 N–H and O–H groups in total. The summed E-state index contributed by atoms with van der Waals surface area (Å²) in [6.45, 7) is 5.41. The Labute approximate surface area is 205 Å². The van der Waals surface area contributed by atoms with Gasteiger partial charge in [-0.1, -0.05) is 24.3 Å². The molecule has 0 bridgehead atoms. The van der Waals surface area contributed by atoms with Crippen LogP contribution in [0, 0.1) is 20.8 Å². The van der Waals surface area contributed by atoms with Crippen molar-refractivity contribution in [2.75, 3.05) is 5.32 Å². The number of carboxylic acid groups (broad SMARTS) is 1. The molecule has 0 aliphatic heterocycles. The Balaban J connectivity index is 1.85. The van der Waals surface area contributed by atoms with Crippen molar-refractivity contribution < 1.29 is 23.1 Å². The van der Waals surface area contributed by atoms with Crippen LogP contribution in [0.25, 0.3) is 23.0 Å². The van der Waals surface area contributed by atoms with Crippen LogP contribution in [0.2, 0.25) is 0 Å². The molecule has 0 saturated carbocycles. The summed E-state index contributed by atoms with van der Waals surface area (Å²) in [7, 11) is 0. The number of nitrogens with zero attached hydrogens (tertiary/aromatic N) is 4. The summed E-state index contributed by atoms with van der Waals surface area (Å²) >= 11 is 0. The molecule has 0 fully saturated rings. The number of carbonyl (C=O) groups is 1. The van der Waals surface area contributed by atoms with Crippen LogP contribution in [0.4, 0.5) is 24.8 Å². The van der Waals surface area contributed by atoms with Crippen LogP contribution in [0.15, 0.2) is 60.8 Å². The molecule has 0 aliphatic carbocycles. The molecule has 10 heteroatoms. The first-order valence-electron chi connectivity index (χ1n) is 10.9. The zero-order valence-corrected chi connectivity index (χ0v) is 19.6. The first kappa shape index (κ1) is 24.6. The lowest BCUT2D eigenvalue weighted by molar-refractivity contribution is -0.141. The topological polar surface area (TPSA) is 92.9 Å². The van der Waals surface area contributed by atoms with E-state index in [1.165, 1.54) is 19.2 Å². The molecule has 0 saturated heterocycles. The quantitative estimate of drug-likeness (QED) is 0.315. The smallest absolute Gasteiger partial charge is 0.435 e. The molecule has 0 amide bonds. The van der Waals surface area contributed by atoms with Gasteiger partial charge in [0.05, 0.1) is 0 Å². The van der Waals surface area contributed by atoms with Gasteiger partial charge in [0.2, 0.25) is 5.95 Å². The second-order valence-corrected chi connectivity index (χ2v) is 8.31. The van der Waals surface area contributed by atoms with E-state index in [0.29, 0.717) is 16.7 Å². The largest absolute Gasteiger partial charge is 0.478 e. The van der Waals surface area contributed by atoms with Gasteiger partial charge in [-0.2, -0.15) is 23.3 Å². The Kier molecular flexibility index (Phi) is 6.61. The first-order valence-corrected chi connectivity index (χ1v) is 10.9. The van der Waals surface area contributed by atoms with Crippen molar-refractivity contribution in [3.63, 3.8) is 0 Å². The van der Waals surface area contributed by atoms with E-state index < -0.39 is 17.8 Å². The number of rotatable bonds is 6. The molecule has 4 rings (SSSR count). The third kappa shape index (κ3) is 5.60. The van der Waals surface area contributed by atoms with Crippen molar-refractivity contribution in [3.05, 3.63) is 88.9 Å². The zero-order valence-electron chi connectivity index (χ0n) is 19.6. The van der Waals surface area contributed by atoms with E-state index in [2.05, 4.69) is 20.4 Å². The highest BCUT2D eigenvalue weighted by molar-refractivity contribution is 5.86. The number of nitrogens with one attached hydrogen (secondary N) is 1. The van der Waals surface area contributed by atoms with Gasteiger partial charge in [0.25, 0.3) is 0 Å². The number of benzene rings is 2. The molecular formula is C26H22F3N5O2. The standard InChI is InChI=1S/C26H22F3N5O2/c1-15-9-16(2)11-20(10-15)31-25-30-14-21(19-6-4-5-18(13-19)7-8-23(35)36)24(32-25)34-17(3)12-22(33-34)26(27,28)29/h4-14H,1-3H3,(H,35,36)(H,30,31,32). The summed E-state index contributed by atoms with van der Waals surface area (Å²) in [5.41, 5.74) is 3.58. The van der Waals surface area contributed by atoms with Gasteiger partial charge in [0.15, 0.2) is 11.5 Å². The van der Waals surface area contributed by atoms with Crippen LogP contribution in [0.5, 0.6) is 0 Å². The van der Waals surface area contributed by atoms with Crippen LogP contribution < -0.4 is 5.32 Å². The van der Waals surface area contributed by atoms with Gasteiger partial charge in [0, 0.05) is 29.2 Å². The maximum atomic E-state index is 13.4. The Bertz CT molecular complexity index is 1450. The minimum absolute atomic E-state index is 0.143. The number of hydrogen-bond donors (Lipinski definition) is 2. The minimum Gasteiger partial charge on any atom is -0.478 e. The second kappa shape index (κ2) is 9.65. The van der Waals surface area contributed by atoms with E-state index in [4.69, 9.17) is 5.11 Å².